The maximum Gasteiger partial charge on any atom is 0.183 e. The molecule has 8 rings (SSSR count). The van der Waals surface area contributed by atoms with Gasteiger partial charge in [-0.2, -0.15) is 0 Å². The van der Waals surface area contributed by atoms with Crippen molar-refractivity contribution in [2.75, 3.05) is 18.1 Å². The predicted molar refractivity (Wildman–Crippen MR) is 152 cm³/mol. The molecule has 3 aromatic heterocycles. The van der Waals surface area contributed by atoms with E-state index in [0.717, 1.165) is 116 Å². The average molecular weight is 533 g/mol. The lowest BCUT2D eigenvalue weighted by atomic mass is 9.72. The van der Waals surface area contributed by atoms with Crippen molar-refractivity contribution >= 4 is 34.0 Å². The second-order valence-electron chi connectivity index (χ2n) is 11.6. The second-order valence-corrected chi connectivity index (χ2v) is 11.6. The van der Waals surface area contributed by atoms with Crippen LogP contribution in [0.2, 0.25) is 0 Å². The number of benzene rings is 1. The van der Waals surface area contributed by atoms with Gasteiger partial charge < -0.3 is 9.64 Å². The second kappa shape index (κ2) is 9.34. The zero-order valence-corrected chi connectivity index (χ0v) is 22.6. The van der Waals surface area contributed by atoms with Crippen LogP contribution in [0.25, 0.3) is 16.7 Å². The molecule has 1 saturated heterocycles. The molecule has 0 saturated carbocycles. The van der Waals surface area contributed by atoms with Gasteiger partial charge in [0.15, 0.2) is 29.0 Å². The van der Waals surface area contributed by atoms with Gasteiger partial charge >= 0.3 is 0 Å². The summed E-state index contributed by atoms with van der Waals surface area (Å²) in [5, 5.41) is 5.11. The van der Waals surface area contributed by atoms with Crippen molar-refractivity contribution < 1.29 is 9.53 Å². The molecule has 8 nitrogen and oxygen atoms in total. The third-order valence-electron chi connectivity index (χ3n) is 9.24. The van der Waals surface area contributed by atoms with E-state index >= 15 is 0 Å². The number of carbonyl (C=O) groups is 1. The SMILES string of the molecule is O=C1c2ccccc2CC12CC=C(c1cnc3c(N4CCCc5ncccc54)nn(C4CCCCO4)c3n1)CC2. The number of aromatic nitrogens is 5. The van der Waals surface area contributed by atoms with E-state index in [0.29, 0.717) is 5.78 Å². The van der Waals surface area contributed by atoms with E-state index < -0.39 is 0 Å². The number of Topliss-reactive ketones (excluding diaryl/α,β-unsaturated/α-hetero) is 1. The number of nitrogens with zero attached hydrogens (tertiary/aromatic N) is 6. The smallest absolute Gasteiger partial charge is 0.183 e. The molecule has 0 radical (unpaired) electrons. The van der Waals surface area contributed by atoms with Gasteiger partial charge in [-0.3, -0.25) is 9.78 Å². The minimum atomic E-state index is -0.314. The van der Waals surface area contributed by atoms with E-state index in [9.17, 15) is 4.79 Å². The first kappa shape index (κ1) is 23.9. The Kier molecular flexibility index (Phi) is 5.59. The van der Waals surface area contributed by atoms with Gasteiger partial charge in [0.05, 0.1) is 23.3 Å². The van der Waals surface area contributed by atoms with E-state index in [1.165, 1.54) is 5.56 Å². The predicted octanol–water partition coefficient (Wildman–Crippen LogP) is 6.00. The number of allylic oxidation sites excluding steroid dienone is 2. The molecule has 4 aromatic rings. The number of ketones is 1. The van der Waals surface area contributed by atoms with Gasteiger partial charge in [-0.25, -0.2) is 14.6 Å². The summed E-state index contributed by atoms with van der Waals surface area (Å²) in [5.41, 5.74) is 7.56. The Morgan fingerprint density at radius 3 is 2.83 bits per heavy atom. The Bertz CT molecular complexity index is 1670. The highest BCUT2D eigenvalue weighted by Gasteiger charge is 2.45. The van der Waals surface area contributed by atoms with Crippen molar-refractivity contribution in [3.8, 4) is 0 Å². The van der Waals surface area contributed by atoms with Crippen LogP contribution in [0, 0.1) is 5.41 Å². The largest absolute Gasteiger partial charge is 0.356 e. The zero-order chi connectivity index (χ0) is 26.7. The third-order valence-corrected chi connectivity index (χ3v) is 9.24. The first-order valence-corrected chi connectivity index (χ1v) is 14.6. The number of ether oxygens (including phenoxy) is 1. The topological polar surface area (TPSA) is 86.0 Å². The van der Waals surface area contributed by atoms with Crippen LogP contribution in [0.15, 0.2) is 54.9 Å². The molecule has 5 heterocycles. The molecular formula is C32H32N6O2. The van der Waals surface area contributed by atoms with Crippen LogP contribution in [0.4, 0.5) is 11.5 Å². The number of fused-ring (bicyclic) bond motifs is 3. The quantitative estimate of drug-likeness (QED) is 0.320. The van der Waals surface area contributed by atoms with Gasteiger partial charge in [-0.1, -0.05) is 30.3 Å². The molecule has 1 fully saturated rings. The van der Waals surface area contributed by atoms with Crippen molar-refractivity contribution in [1.82, 2.24) is 24.7 Å². The number of rotatable bonds is 3. The van der Waals surface area contributed by atoms with Gasteiger partial charge in [0, 0.05) is 30.3 Å². The summed E-state index contributed by atoms with van der Waals surface area (Å²) in [6, 6.07) is 12.2. The molecule has 1 spiro atoms. The van der Waals surface area contributed by atoms with Crippen molar-refractivity contribution in [1.29, 1.82) is 0 Å². The minimum Gasteiger partial charge on any atom is -0.356 e. The summed E-state index contributed by atoms with van der Waals surface area (Å²) in [6.07, 6.45) is 14.1. The molecule has 0 N–H and O–H groups in total. The van der Waals surface area contributed by atoms with Crippen LogP contribution in [0.5, 0.6) is 0 Å². The van der Waals surface area contributed by atoms with Crippen LogP contribution < -0.4 is 4.90 Å². The van der Waals surface area contributed by atoms with E-state index in [-0.39, 0.29) is 11.6 Å². The fraction of sp³-hybridized carbons (Fsp3) is 0.406. The summed E-state index contributed by atoms with van der Waals surface area (Å²) in [7, 11) is 0. The molecule has 1 aromatic carbocycles. The number of aryl methyl sites for hydroxylation is 1. The van der Waals surface area contributed by atoms with Gasteiger partial charge in [-0.05, 0) is 81.1 Å². The minimum absolute atomic E-state index is 0.147. The number of carbonyl (C=O) groups excluding carboxylic acids is 1. The van der Waals surface area contributed by atoms with Crippen molar-refractivity contribution in [2.45, 2.75) is 64.0 Å². The van der Waals surface area contributed by atoms with Crippen LogP contribution in [0.3, 0.4) is 0 Å². The number of hydrogen-bond acceptors (Lipinski definition) is 7. The third kappa shape index (κ3) is 3.73. The first-order valence-electron chi connectivity index (χ1n) is 14.6. The highest BCUT2D eigenvalue weighted by Crippen LogP contribution is 2.48. The zero-order valence-electron chi connectivity index (χ0n) is 22.6. The molecule has 2 aliphatic carbocycles. The Balaban J connectivity index is 1.17. The Hall–Kier alpha value is -3.91. The van der Waals surface area contributed by atoms with E-state index in [1.54, 1.807) is 0 Å². The number of anilines is 2. The van der Waals surface area contributed by atoms with Gasteiger partial charge in [0.1, 0.15) is 0 Å². The maximum absolute atomic E-state index is 13.4. The van der Waals surface area contributed by atoms with Gasteiger partial charge in [-0.15, -0.1) is 5.10 Å². The normalized spacial score (nSPS) is 24.3. The van der Waals surface area contributed by atoms with Crippen LogP contribution in [0.1, 0.15) is 78.5 Å². The summed E-state index contributed by atoms with van der Waals surface area (Å²) in [6.45, 7) is 1.60. The molecular weight excluding hydrogens is 500 g/mol. The highest BCUT2D eigenvalue weighted by atomic mass is 16.5. The molecule has 202 valence electrons. The Morgan fingerprint density at radius 2 is 1.98 bits per heavy atom. The van der Waals surface area contributed by atoms with Crippen molar-refractivity contribution in [3.05, 3.63) is 77.4 Å². The Labute approximate surface area is 233 Å². The van der Waals surface area contributed by atoms with Crippen molar-refractivity contribution in [3.63, 3.8) is 0 Å². The van der Waals surface area contributed by atoms with E-state index in [2.05, 4.69) is 28.1 Å². The van der Waals surface area contributed by atoms with Crippen molar-refractivity contribution in [2.24, 2.45) is 5.41 Å². The maximum atomic E-state index is 13.4. The average Bonchev–Trinajstić information content (AvgIpc) is 3.52. The number of pyridine rings is 1. The first-order chi connectivity index (χ1) is 19.7. The fourth-order valence-corrected chi connectivity index (χ4v) is 7.08. The van der Waals surface area contributed by atoms with Gasteiger partial charge in [0.25, 0.3) is 0 Å². The molecule has 0 amide bonds. The van der Waals surface area contributed by atoms with Crippen LogP contribution >= 0.6 is 0 Å². The lowest BCUT2D eigenvalue weighted by Gasteiger charge is -2.30. The van der Waals surface area contributed by atoms with E-state index in [4.69, 9.17) is 19.8 Å². The van der Waals surface area contributed by atoms with Crippen LogP contribution in [-0.4, -0.2) is 43.7 Å². The number of hydrogen-bond donors (Lipinski definition) is 0. The molecule has 2 unspecified atom stereocenters. The summed E-state index contributed by atoms with van der Waals surface area (Å²) in [4.78, 5) is 30.4. The molecule has 2 aliphatic heterocycles. The van der Waals surface area contributed by atoms with Crippen LogP contribution in [-0.2, 0) is 17.6 Å². The fourth-order valence-electron chi connectivity index (χ4n) is 7.08. The van der Waals surface area contributed by atoms with Gasteiger partial charge in [0.2, 0.25) is 0 Å². The summed E-state index contributed by atoms with van der Waals surface area (Å²) in [5.74, 6) is 1.12. The lowest BCUT2D eigenvalue weighted by Crippen LogP contribution is -2.29. The summed E-state index contributed by atoms with van der Waals surface area (Å²) < 4.78 is 8.15. The monoisotopic (exact) mass is 532 g/mol. The lowest BCUT2D eigenvalue weighted by molar-refractivity contribution is -0.0369. The molecule has 4 aliphatic rings. The summed E-state index contributed by atoms with van der Waals surface area (Å²) >= 11 is 0. The molecule has 0 bridgehead atoms. The molecule has 8 heteroatoms. The Morgan fingerprint density at radius 1 is 1.02 bits per heavy atom. The highest BCUT2D eigenvalue weighted by molar-refractivity contribution is 6.05. The molecule has 40 heavy (non-hydrogen) atoms. The standard InChI is InChI=1S/C32H32N6O2/c39-29-23-8-2-1-7-22(23)19-32(29)14-12-21(13-15-32)25-20-34-28-30(35-25)38(27-11-3-4-18-40-27)36-31(28)37-17-6-9-24-26(37)10-5-16-33-24/h1-2,5,7-8,10,12,16,20,27H,3-4,6,9,11,13-15,17-19H2. The molecule has 2 atom stereocenters. The van der Waals surface area contributed by atoms with E-state index in [1.807, 2.05) is 41.3 Å².